The minimum Gasteiger partial charge on any atom is -0.397 e. The fourth-order valence-corrected chi connectivity index (χ4v) is 1.87. The van der Waals surface area contributed by atoms with E-state index in [0.717, 1.165) is 0 Å². The summed E-state index contributed by atoms with van der Waals surface area (Å²) in [5, 5.41) is 16.1. The van der Waals surface area contributed by atoms with Gasteiger partial charge in [0, 0.05) is 18.7 Å². The molecule has 1 amide bonds. The lowest BCUT2D eigenvalue weighted by Crippen LogP contribution is -2.35. The van der Waals surface area contributed by atoms with Crippen molar-refractivity contribution in [2.75, 3.05) is 24.1 Å². The molecule has 0 saturated carbocycles. The van der Waals surface area contributed by atoms with Gasteiger partial charge in [-0.3, -0.25) is 4.79 Å². The minimum atomic E-state index is -0.756. The number of carbonyl (C=O) groups is 1. The van der Waals surface area contributed by atoms with Crippen LogP contribution in [0.25, 0.3) is 0 Å². The van der Waals surface area contributed by atoms with Crippen LogP contribution in [0.5, 0.6) is 0 Å². The molecule has 5 N–H and O–H groups in total. The topological polar surface area (TPSA) is 87.4 Å². The summed E-state index contributed by atoms with van der Waals surface area (Å²) >= 11 is 0. The van der Waals surface area contributed by atoms with Gasteiger partial charge in [0.1, 0.15) is 0 Å². The third-order valence-electron chi connectivity index (χ3n) is 3.58. The summed E-state index contributed by atoms with van der Waals surface area (Å²) < 4.78 is 0. The van der Waals surface area contributed by atoms with Crippen LogP contribution in [0.15, 0.2) is 18.2 Å². The maximum Gasteiger partial charge on any atom is 0.251 e. The first-order valence-electron chi connectivity index (χ1n) is 7.09. The lowest BCUT2D eigenvalue weighted by Gasteiger charge is -2.26. The van der Waals surface area contributed by atoms with Crippen molar-refractivity contribution in [3.63, 3.8) is 0 Å². The molecule has 0 aliphatic carbocycles. The number of hydrogen-bond acceptors (Lipinski definition) is 4. The molecule has 0 aromatic heterocycles. The fraction of sp³-hybridized carbons (Fsp3) is 0.533. The molecule has 0 unspecified atom stereocenters. The summed E-state index contributed by atoms with van der Waals surface area (Å²) in [5.41, 5.74) is 6.94. The molecular weight excluding hydrogens is 254 g/mol. The van der Waals surface area contributed by atoms with Crippen LogP contribution in [0, 0.1) is 0 Å². The molecule has 5 nitrogen and oxygen atoms in total. The second-order valence-electron chi connectivity index (χ2n) is 4.95. The van der Waals surface area contributed by atoms with Crippen LogP contribution in [-0.4, -0.2) is 29.7 Å². The Balaban J connectivity index is 2.84. The molecule has 0 bridgehead atoms. The second kappa shape index (κ2) is 7.14. The third kappa shape index (κ3) is 4.13. The van der Waals surface area contributed by atoms with Crippen LogP contribution in [0.2, 0.25) is 0 Å². The van der Waals surface area contributed by atoms with Gasteiger partial charge in [-0.05, 0) is 38.0 Å². The van der Waals surface area contributed by atoms with E-state index in [4.69, 9.17) is 5.73 Å². The number of nitrogens with two attached hydrogens (primary N) is 1. The molecular formula is C15H25N3O2. The minimum absolute atomic E-state index is 0.128. The largest absolute Gasteiger partial charge is 0.397 e. The third-order valence-corrected chi connectivity index (χ3v) is 3.58. The summed E-state index contributed by atoms with van der Waals surface area (Å²) in [6.07, 6.45) is 1.32. The van der Waals surface area contributed by atoms with Crippen LogP contribution in [0.1, 0.15) is 44.0 Å². The van der Waals surface area contributed by atoms with Gasteiger partial charge in [-0.15, -0.1) is 0 Å². The monoisotopic (exact) mass is 279 g/mol. The Labute approximate surface area is 120 Å². The smallest absolute Gasteiger partial charge is 0.251 e. The SMILES string of the molecule is CCNC(=O)c1ccc(N)c(NCC(O)(CC)CC)c1. The van der Waals surface area contributed by atoms with Gasteiger partial charge in [0.15, 0.2) is 0 Å². The summed E-state index contributed by atoms with van der Waals surface area (Å²) in [4.78, 5) is 11.8. The number of rotatable bonds is 7. The lowest BCUT2D eigenvalue weighted by atomic mass is 9.97. The zero-order valence-corrected chi connectivity index (χ0v) is 12.5. The molecule has 1 aromatic rings. The van der Waals surface area contributed by atoms with E-state index in [1.807, 2.05) is 20.8 Å². The van der Waals surface area contributed by atoms with Crippen molar-refractivity contribution in [3.05, 3.63) is 23.8 Å². The lowest BCUT2D eigenvalue weighted by molar-refractivity contribution is 0.0457. The fourth-order valence-electron chi connectivity index (χ4n) is 1.87. The average molecular weight is 279 g/mol. The van der Waals surface area contributed by atoms with Gasteiger partial charge in [0.25, 0.3) is 5.91 Å². The highest BCUT2D eigenvalue weighted by molar-refractivity contribution is 5.96. The Morgan fingerprint density at radius 1 is 1.30 bits per heavy atom. The quantitative estimate of drug-likeness (QED) is 0.575. The molecule has 112 valence electrons. The van der Waals surface area contributed by atoms with Crippen LogP contribution in [-0.2, 0) is 0 Å². The number of nitrogens with one attached hydrogen (secondary N) is 2. The first-order chi connectivity index (χ1) is 9.45. The highest BCUT2D eigenvalue weighted by Crippen LogP contribution is 2.22. The molecule has 1 aromatic carbocycles. The van der Waals surface area contributed by atoms with E-state index >= 15 is 0 Å². The number of nitrogen functional groups attached to an aromatic ring is 1. The Bertz CT molecular complexity index is 456. The zero-order valence-electron chi connectivity index (χ0n) is 12.5. The Morgan fingerprint density at radius 3 is 2.50 bits per heavy atom. The number of amides is 1. The highest BCUT2D eigenvalue weighted by atomic mass is 16.3. The Kier molecular flexibility index (Phi) is 5.82. The molecule has 0 atom stereocenters. The van der Waals surface area contributed by atoms with Crippen molar-refractivity contribution in [1.82, 2.24) is 5.32 Å². The van der Waals surface area contributed by atoms with Gasteiger partial charge in [-0.1, -0.05) is 13.8 Å². The van der Waals surface area contributed by atoms with Crippen LogP contribution < -0.4 is 16.4 Å². The zero-order chi connectivity index (χ0) is 15.2. The second-order valence-corrected chi connectivity index (χ2v) is 4.95. The number of anilines is 2. The molecule has 0 fully saturated rings. The molecule has 0 heterocycles. The van der Waals surface area contributed by atoms with Crippen LogP contribution in [0.3, 0.4) is 0 Å². The maximum atomic E-state index is 11.8. The first kappa shape index (κ1) is 16.3. The molecule has 0 aliphatic heterocycles. The number of hydrogen-bond donors (Lipinski definition) is 4. The number of carbonyl (C=O) groups excluding carboxylic acids is 1. The van der Waals surface area contributed by atoms with E-state index in [-0.39, 0.29) is 5.91 Å². The van der Waals surface area contributed by atoms with E-state index in [9.17, 15) is 9.90 Å². The summed E-state index contributed by atoms with van der Waals surface area (Å²) in [5.74, 6) is -0.128. The number of aliphatic hydroxyl groups is 1. The van der Waals surface area contributed by atoms with Gasteiger partial charge in [-0.2, -0.15) is 0 Å². The molecule has 0 saturated heterocycles. The van der Waals surface area contributed by atoms with E-state index < -0.39 is 5.60 Å². The summed E-state index contributed by atoms with van der Waals surface area (Å²) in [6, 6.07) is 5.10. The molecule has 5 heteroatoms. The van der Waals surface area contributed by atoms with Crippen molar-refractivity contribution >= 4 is 17.3 Å². The predicted octanol–water partition coefficient (Wildman–Crippen LogP) is 1.98. The van der Waals surface area contributed by atoms with Crippen LogP contribution >= 0.6 is 0 Å². The molecule has 1 rings (SSSR count). The van der Waals surface area contributed by atoms with Gasteiger partial charge < -0.3 is 21.5 Å². The molecule has 0 aliphatic rings. The molecule has 0 spiro atoms. The highest BCUT2D eigenvalue weighted by Gasteiger charge is 2.22. The molecule has 0 radical (unpaired) electrons. The van der Waals surface area contributed by atoms with Gasteiger partial charge in [-0.25, -0.2) is 0 Å². The van der Waals surface area contributed by atoms with Crippen molar-refractivity contribution in [1.29, 1.82) is 0 Å². The first-order valence-corrected chi connectivity index (χ1v) is 7.09. The summed E-state index contributed by atoms with van der Waals surface area (Å²) in [6.45, 7) is 6.75. The van der Waals surface area contributed by atoms with Crippen molar-refractivity contribution in [3.8, 4) is 0 Å². The summed E-state index contributed by atoms with van der Waals surface area (Å²) in [7, 11) is 0. The van der Waals surface area contributed by atoms with Gasteiger partial charge in [0.2, 0.25) is 0 Å². The van der Waals surface area contributed by atoms with Gasteiger partial charge in [0.05, 0.1) is 17.0 Å². The van der Waals surface area contributed by atoms with E-state index in [1.165, 1.54) is 0 Å². The molecule has 20 heavy (non-hydrogen) atoms. The predicted molar refractivity (Wildman–Crippen MR) is 82.9 cm³/mol. The van der Waals surface area contributed by atoms with Gasteiger partial charge >= 0.3 is 0 Å². The van der Waals surface area contributed by atoms with Crippen molar-refractivity contribution < 1.29 is 9.90 Å². The van der Waals surface area contributed by atoms with E-state index in [2.05, 4.69) is 10.6 Å². The maximum absolute atomic E-state index is 11.8. The van der Waals surface area contributed by atoms with Crippen molar-refractivity contribution in [2.24, 2.45) is 0 Å². The number of benzene rings is 1. The normalized spacial score (nSPS) is 11.2. The standard InChI is InChI=1S/C15H25N3O2/c1-4-15(20,5-2)10-18-13-9-11(7-8-12(13)16)14(19)17-6-3/h7-9,18,20H,4-6,10,16H2,1-3H3,(H,17,19). The van der Waals surface area contributed by atoms with Crippen LogP contribution in [0.4, 0.5) is 11.4 Å². The van der Waals surface area contributed by atoms with Crippen molar-refractivity contribution in [2.45, 2.75) is 39.2 Å². The average Bonchev–Trinajstić information content (AvgIpc) is 2.46. The Hall–Kier alpha value is -1.75. The Morgan fingerprint density at radius 2 is 1.95 bits per heavy atom. The van der Waals surface area contributed by atoms with E-state index in [0.29, 0.717) is 42.9 Å². The van der Waals surface area contributed by atoms with E-state index in [1.54, 1.807) is 18.2 Å².